The third-order valence-corrected chi connectivity index (χ3v) is 11.0. The number of benzene rings is 1. The molecule has 3 aromatic rings. The zero-order chi connectivity index (χ0) is 31.4. The molecule has 2 aromatic heterocycles. The van der Waals surface area contributed by atoms with Crippen molar-refractivity contribution in [3.8, 4) is 0 Å². The van der Waals surface area contributed by atoms with Gasteiger partial charge in [-0.15, -0.1) is 0 Å². The first-order valence-electron chi connectivity index (χ1n) is 16.4. The van der Waals surface area contributed by atoms with Gasteiger partial charge in [0.15, 0.2) is 17.0 Å². The summed E-state index contributed by atoms with van der Waals surface area (Å²) in [6.45, 7) is 0.340. The highest BCUT2D eigenvalue weighted by Crippen LogP contribution is 2.33. The lowest BCUT2D eigenvalue weighted by molar-refractivity contribution is 0.0922. The summed E-state index contributed by atoms with van der Waals surface area (Å²) in [5, 5.41) is 9.80. The SMILES string of the molecule is NC1CCC(NC(=O)c2ccccc2S(=O)(=O)NCCNc2nc(N[C@H]3CC[C@H](N)CC3)nc3c2ncn3C2CCCC2)CC1. The van der Waals surface area contributed by atoms with Gasteiger partial charge in [0.05, 0.1) is 16.8 Å². The van der Waals surface area contributed by atoms with E-state index in [1.807, 2.05) is 6.33 Å². The van der Waals surface area contributed by atoms with Crippen LogP contribution in [0, 0.1) is 0 Å². The maximum Gasteiger partial charge on any atom is 0.252 e. The van der Waals surface area contributed by atoms with Crippen molar-refractivity contribution < 1.29 is 13.2 Å². The van der Waals surface area contributed by atoms with Gasteiger partial charge in [0.2, 0.25) is 16.0 Å². The van der Waals surface area contributed by atoms with E-state index in [1.165, 1.54) is 18.9 Å². The standard InChI is InChI=1S/C31H46N10O3S/c32-20-9-13-22(14-10-20)37-30(42)25-7-3-4-8-26(25)45(43,44)36-18-17-34-28-27-29(41(19-35-27)24-5-1-2-6-24)40-31(39-28)38-23-15-11-21(33)12-16-23/h3-4,7-8,19-24,36H,1-2,5-6,9-18,32-33H2,(H,37,42)(H2,34,38,39,40)/t20?,21-,22?,23-. The van der Waals surface area contributed by atoms with Crippen LogP contribution in [0.15, 0.2) is 35.5 Å². The molecule has 244 valence electrons. The fourth-order valence-electron chi connectivity index (χ4n) is 6.86. The van der Waals surface area contributed by atoms with Crippen LogP contribution < -0.4 is 32.1 Å². The molecule has 8 N–H and O–H groups in total. The van der Waals surface area contributed by atoms with Crippen molar-refractivity contribution >= 4 is 38.9 Å². The van der Waals surface area contributed by atoms with Crippen LogP contribution in [-0.4, -0.2) is 71.1 Å². The molecule has 0 spiro atoms. The van der Waals surface area contributed by atoms with Gasteiger partial charge in [-0.05, 0) is 76.3 Å². The Morgan fingerprint density at radius 3 is 2.24 bits per heavy atom. The normalized spacial score (nSPS) is 24.5. The molecule has 3 aliphatic carbocycles. The number of nitrogens with two attached hydrogens (primary N) is 2. The summed E-state index contributed by atoms with van der Waals surface area (Å²) in [5.74, 6) is 0.694. The molecule has 0 unspecified atom stereocenters. The van der Waals surface area contributed by atoms with E-state index >= 15 is 0 Å². The summed E-state index contributed by atoms with van der Waals surface area (Å²) < 4.78 is 31.5. The molecule has 0 radical (unpaired) electrons. The van der Waals surface area contributed by atoms with Gasteiger partial charge in [0.25, 0.3) is 5.91 Å². The third kappa shape index (κ3) is 7.56. The van der Waals surface area contributed by atoms with E-state index in [2.05, 4.69) is 30.2 Å². The van der Waals surface area contributed by atoms with Crippen LogP contribution in [0.5, 0.6) is 0 Å². The lowest BCUT2D eigenvalue weighted by Crippen LogP contribution is -2.41. The summed E-state index contributed by atoms with van der Waals surface area (Å²) in [6.07, 6.45) is 13.5. The molecule has 6 rings (SSSR count). The fourth-order valence-corrected chi connectivity index (χ4v) is 8.09. The van der Waals surface area contributed by atoms with Crippen molar-refractivity contribution in [1.82, 2.24) is 29.6 Å². The van der Waals surface area contributed by atoms with Gasteiger partial charge in [-0.25, -0.2) is 18.1 Å². The molecule has 0 atom stereocenters. The predicted octanol–water partition coefficient (Wildman–Crippen LogP) is 3.01. The van der Waals surface area contributed by atoms with E-state index < -0.39 is 15.9 Å². The number of carbonyl (C=O) groups is 1. The average molecular weight is 639 g/mol. The zero-order valence-electron chi connectivity index (χ0n) is 25.7. The second-order valence-corrected chi connectivity index (χ2v) is 14.6. The van der Waals surface area contributed by atoms with E-state index in [0.717, 1.165) is 69.9 Å². The number of nitrogens with zero attached hydrogens (tertiary/aromatic N) is 4. The van der Waals surface area contributed by atoms with E-state index in [0.29, 0.717) is 23.3 Å². The maximum absolute atomic E-state index is 13.4. The minimum absolute atomic E-state index is 0.0119. The van der Waals surface area contributed by atoms with Crippen LogP contribution in [0.3, 0.4) is 0 Å². The van der Waals surface area contributed by atoms with E-state index in [4.69, 9.17) is 21.4 Å². The number of carbonyl (C=O) groups excluding carboxylic acids is 1. The number of imidazole rings is 1. The molecular formula is C31H46N10O3S. The molecule has 14 heteroatoms. The Bertz CT molecular complexity index is 1570. The molecule has 2 heterocycles. The number of amides is 1. The average Bonchev–Trinajstić information content (AvgIpc) is 3.72. The number of hydrogen-bond donors (Lipinski definition) is 6. The lowest BCUT2D eigenvalue weighted by Gasteiger charge is -2.27. The third-order valence-electron chi connectivity index (χ3n) is 9.48. The summed E-state index contributed by atoms with van der Waals surface area (Å²) in [5.41, 5.74) is 13.7. The van der Waals surface area contributed by atoms with E-state index in [1.54, 1.807) is 18.2 Å². The van der Waals surface area contributed by atoms with Crippen molar-refractivity contribution in [1.29, 1.82) is 0 Å². The number of aromatic nitrogens is 4. The molecule has 0 saturated heterocycles. The monoisotopic (exact) mass is 638 g/mol. The quantitative estimate of drug-likeness (QED) is 0.170. The Morgan fingerprint density at radius 2 is 1.53 bits per heavy atom. The van der Waals surface area contributed by atoms with E-state index in [9.17, 15) is 13.2 Å². The first kappa shape index (κ1) is 31.6. The first-order chi connectivity index (χ1) is 21.8. The number of anilines is 2. The molecule has 0 aliphatic heterocycles. The highest BCUT2D eigenvalue weighted by Gasteiger charge is 2.27. The Balaban J connectivity index is 1.13. The molecule has 3 aliphatic rings. The Morgan fingerprint density at radius 1 is 0.867 bits per heavy atom. The van der Waals surface area contributed by atoms with Crippen LogP contribution in [0.4, 0.5) is 11.8 Å². The van der Waals surface area contributed by atoms with Gasteiger partial charge >= 0.3 is 0 Å². The molecule has 1 amide bonds. The molecule has 13 nitrogen and oxygen atoms in total. The molecule has 45 heavy (non-hydrogen) atoms. The van der Waals surface area contributed by atoms with E-state index in [-0.39, 0.29) is 47.7 Å². The number of sulfonamides is 1. The van der Waals surface area contributed by atoms with Crippen LogP contribution in [0.2, 0.25) is 0 Å². The molecular weight excluding hydrogens is 592 g/mol. The second kappa shape index (κ2) is 14.0. The van der Waals surface area contributed by atoms with Gasteiger partial charge < -0.3 is 32.0 Å². The Kier molecular flexibility index (Phi) is 9.83. The number of fused-ring (bicyclic) bond motifs is 1. The number of nitrogens with one attached hydrogen (secondary N) is 4. The summed E-state index contributed by atoms with van der Waals surface area (Å²) in [6, 6.07) is 7.29. The smallest absolute Gasteiger partial charge is 0.252 e. The van der Waals surface area contributed by atoms with Gasteiger partial charge in [-0.3, -0.25) is 4.79 Å². The highest BCUT2D eigenvalue weighted by atomic mass is 32.2. The number of rotatable bonds is 11. The van der Waals surface area contributed by atoms with Gasteiger partial charge in [0, 0.05) is 43.3 Å². The molecule has 0 bridgehead atoms. The zero-order valence-corrected chi connectivity index (χ0v) is 26.6. The van der Waals surface area contributed by atoms with Gasteiger partial charge in [-0.2, -0.15) is 9.97 Å². The molecule has 1 aromatic carbocycles. The predicted molar refractivity (Wildman–Crippen MR) is 174 cm³/mol. The molecule has 3 saturated carbocycles. The second-order valence-electron chi connectivity index (χ2n) is 12.8. The summed E-state index contributed by atoms with van der Waals surface area (Å²) in [4.78, 5) is 27.4. The van der Waals surface area contributed by atoms with Crippen LogP contribution in [-0.2, 0) is 10.0 Å². The van der Waals surface area contributed by atoms with Crippen LogP contribution >= 0.6 is 0 Å². The van der Waals surface area contributed by atoms with Crippen molar-refractivity contribution in [3.05, 3.63) is 36.2 Å². The van der Waals surface area contributed by atoms with Gasteiger partial charge in [0.1, 0.15) is 0 Å². The first-order valence-corrected chi connectivity index (χ1v) is 17.9. The van der Waals surface area contributed by atoms with Crippen LogP contribution in [0.25, 0.3) is 11.2 Å². The Labute approximate surface area is 264 Å². The topological polar surface area (TPSA) is 195 Å². The van der Waals surface area contributed by atoms with Crippen molar-refractivity contribution in [2.45, 2.75) is 112 Å². The van der Waals surface area contributed by atoms with Crippen molar-refractivity contribution in [2.24, 2.45) is 11.5 Å². The largest absolute Gasteiger partial charge is 0.367 e. The number of hydrogen-bond acceptors (Lipinski definition) is 10. The maximum atomic E-state index is 13.4. The van der Waals surface area contributed by atoms with Gasteiger partial charge in [-0.1, -0.05) is 25.0 Å². The Hall–Kier alpha value is -3.33. The summed E-state index contributed by atoms with van der Waals surface area (Å²) in [7, 11) is -3.97. The van der Waals surface area contributed by atoms with Crippen LogP contribution in [0.1, 0.15) is 93.4 Å². The lowest BCUT2D eigenvalue weighted by atomic mass is 9.91. The molecule has 3 fully saturated rings. The minimum Gasteiger partial charge on any atom is -0.367 e. The fraction of sp³-hybridized carbons (Fsp3) is 0.613. The highest BCUT2D eigenvalue weighted by molar-refractivity contribution is 7.89. The summed E-state index contributed by atoms with van der Waals surface area (Å²) >= 11 is 0. The van der Waals surface area contributed by atoms with Crippen molar-refractivity contribution in [3.63, 3.8) is 0 Å². The minimum atomic E-state index is -3.97. The van der Waals surface area contributed by atoms with Crippen molar-refractivity contribution in [2.75, 3.05) is 23.7 Å².